The molecule has 2 aliphatic rings. The minimum atomic E-state index is 0.168. The van der Waals surface area contributed by atoms with Gasteiger partial charge in [-0.05, 0) is 38.3 Å². The molecule has 1 aromatic carbocycles. The summed E-state index contributed by atoms with van der Waals surface area (Å²) < 4.78 is 12.0. The van der Waals surface area contributed by atoms with Crippen LogP contribution in [0.4, 0.5) is 5.69 Å². The van der Waals surface area contributed by atoms with Gasteiger partial charge in [-0.25, -0.2) is 0 Å². The summed E-state index contributed by atoms with van der Waals surface area (Å²) in [6, 6.07) is 6.98. The second-order valence-electron chi connectivity index (χ2n) is 6.68. The van der Waals surface area contributed by atoms with Crippen molar-refractivity contribution in [2.45, 2.75) is 38.8 Å². The van der Waals surface area contributed by atoms with Gasteiger partial charge in [0.25, 0.3) is 0 Å². The highest BCUT2D eigenvalue weighted by atomic mass is 16.5. The summed E-state index contributed by atoms with van der Waals surface area (Å²) in [6.07, 6.45) is 2.54. The number of anilines is 1. The summed E-state index contributed by atoms with van der Waals surface area (Å²) in [5.74, 6) is 1.00. The van der Waals surface area contributed by atoms with Crippen LogP contribution in [0.3, 0.4) is 0 Å². The Labute approximate surface area is 134 Å². The highest BCUT2D eigenvalue weighted by molar-refractivity contribution is 5.64. The Morgan fingerprint density at radius 3 is 3.00 bits per heavy atom. The lowest BCUT2D eigenvalue weighted by Crippen LogP contribution is -2.47. The SMILES string of the molecule is CC(C)N1CCO[C@H](COc2cccc3c2N(C)CCC3)C1. The van der Waals surface area contributed by atoms with E-state index < -0.39 is 0 Å². The third-order valence-corrected chi connectivity index (χ3v) is 4.73. The Hall–Kier alpha value is -1.26. The number of benzene rings is 1. The number of aryl methyl sites for hydroxylation is 1. The number of ether oxygens (including phenoxy) is 2. The van der Waals surface area contributed by atoms with E-state index in [1.165, 1.54) is 17.7 Å². The maximum absolute atomic E-state index is 6.15. The molecule has 2 aliphatic heterocycles. The first kappa shape index (κ1) is 15.6. The van der Waals surface area contributed by atoms with Gasteiger partial charge in [-0.3, -0.25) is 4.90 Å². The Bertz CT molecular complexity index is 504. The van der Waals surface area contributed by atoms with Crippen LogP contribution in [-0.2, 0) is 11.2 Å². The minimum Gasteiger partial charge on any atom is -0.489 e. The number of hydrogen-bond acceptors (Lipinski definition) is 4. The Morgan fingerprint density at radius 2 is 2.18 bits per heavy atom. The van der Waals surface area contributed by atoms with Gasteiger partial charge in [0.2, 0.25) is 0 Å². The molecule has 1 atom stereocenters. The predicted molar refractivity (Wildman–Crippen MR) is 90.0 cm³/mol. The lowest BCUT2D eigenvalue weighted by molar-refractivity contribution is -0.0564. The zero-order chi connectivity index (χ0) is 15.5. The molecule has 1 aromatic rings. The van der Waals surface area contributed by atoms with E-state index in [1.54, 1.807) is 0 Å². The van der Waals surface area contributed by atoms with Gasteiger partial charge in [0.1, 0.15) is 18.5 Å². The van der Waals surface area contributed by atoms with Crippen molar-refractivity contribution < 1.29 is 9.47 Å². The number of rotatable bonds is 4. The maximum Gasteiger partial charge on any atom is 0.143 e. The molecule has 1 fully saturated rings. The highest BCUT2D eigenvalue weighted by Crippen LogP contribution is 2.35. The minimum absolute atomic E-state index is 0.168. The highest BCUT2D eigenvalue weighted by Gasteiger charge is 2.24. The summed E-state index contributed by atoms with van der Waals surface area (Å²) >= 11 is 0. The van der Waals surface area contributed by atoms with Crippen molar-refractivity contribution in [2.24, 2.45) is 0 Å². The van der Waals surface area contributed by atoms with Crippen molar-refractivity contribution >= 4 is 5.69 Å². The van der Waals surface area contributed by atoms with Crippen LogP contribution < -0.4 is 9.64 Å². The van der Waals surface area contributed by atoms with Crippen molar-refractivity contribution in [3.63, 3.8) is 0 Å². The average molecular weight is 304 g/mol. The van der Waals surface area contributed by atoms with Gasteiger partial charge < -0.3 is 14.4 Å². The van der Waals surface area contributed by atoms with Gasteiger partial charge in [0.05, 0.1) is 12.3 Å². The molecular formula is C18H28N2O2. The van der Waals surface area contributed by atoms with E-state index in [0.717, 1.165) is 38.4 Å². The van der Waals surface area contributed by atoms with Crippen LogP contribution in [0, 0.1) is 0 Å². The first-order valence-corrected chi connectivity index (χ1v) is 8.46. The molecular weight excluding hydrogens is 276 g/mol. The monoisotopic (exact) mass is 304 g/mol. The van der Waals surface area contributed by atoms with E-state index in [2.05, 4.69) is 48.9 Å². The lowest BCUT2D eigenvalue weighted by atomic mass is 10.0. The molecule has 3 rings (SSSR count). The largest absolute Gasteiger partial charge is 0.489 e. The number of para-hydroxylation sites is 1. The fourth-order valence-electron chi connectivity index (χ4n) is 3.43. The fraction of sp³-hybridized carbons (Fsp3) is 0.667. The fourth-order valence-corrected chi connectivity index (χ4v) is 3.43. The standard InChI is InChI=1S/C18H28N2O2/c1-14(2)20-10-11-21-16(12-20)13-22-17-8-4-6-15-7-5-9-19(3)18(15)17/h4,6,8,14,16H,5,7,9-13H2,1-3H3/t16-/m0/s1. The molecule has 0 amide bonds. The topological polar surface area (TPSA) is 24.9 Å². The zero-order valence-electron chi connectivity index (χ0n) is 14.0. The van der Waals surface area contributed by atoms with Crippen LogP contribution >= 0.6 is 0 Å². The lowest BCUT2D eigenvalue weighted by Gasteiger charge is -2.35. The molecule has 0 unspecified atom stereocenters. The number of hydrogen-bond donors (Lipinski definition) is 0. The molecule has 0 spiro atoms. The van der Waals surface area contributed by atoms with Crippen LogP contribution in [-0.4, -0.2) is 56.9 Å². The maximum atomic E-state index is 6.15. The number of nitrogens with zero attached hydrogens (tertiary/aromatic N) is 2. The summed E-state index contributed by atoms with van der Waals surface area (Å²) in [4.78, 5) is 4.78. The van der Waals surface area contributed by atoms with Crippen molar-refractivity contribution in [2.75, 3.05) is 44.8 Å². The van der Waals surface area contributed by atoms with Crippen molar-refractivity contribution in [3.8, 4) is 5.75 Å². The van der Waals surface area contributed by atoms with Gasteiger partial charge >= 0.3 is 0 Å². The van der Waals surface area contributed by atoms with Crippen molar-refractivity contribution in [3.05, 3.63) is 23.8 Å². The zero-order valence-corrected chi connectivity index (χ0v) is 14.0. The van der Waals surface area contributed by atoms with Gasteiger partial charge in [-0.2, -0.15) is 0 Å². The molecule has 0 aliphatic carbocycles. The second-order valence-corrected chi connectivity index (χ2v) is 6.68. The molecule has 0 bridgehead atoms. The molecule has 1 saturated heterocycles. The molecule has 0 radical (unpaired) electrons. The first-order chi connectivity index (χ1) is 10.6. The molecule has 4 nitrogen and oxygen atoms in total. The van der Waals surface area contributed by atoms with Crippen LogP contribution in [0.1, 0.15) is 25.8 Å². The van der Waals surface area contributed by atoms with Crippen LogP contribution in [0.15, 0.2) is 18.2 Å². The van der Waals surface area contributed by atoms with E-state index >= 15 is 0 Å². The van der Waals surface area contributed by atoms with Crippen molar-refractivity contribution in [1.82, 2.24) is 4.90 Å². The number of fused-ring (bicyclic) bond motifs is 1. The molecule has 122 valence electrons. The van der Waals surface area contributed by atoms with E-state index in [0.29, 0.717) is 12.6 Å². The van der Waals surface area contributed by atoms with E-state index in [1.807, 2.05) is 0 Å². The molecule has 0 N–H and O–H groups in total. The molecule has 4 heteroatoms. The third-order valence-electron chi connectivity index (χ3n) is 4.73. The summed E-state index contributed by atoms with van der Waals surface area (Å²) in [5, 5.41) is 0. The van der Waals surface area contributed by atoms with Crippen LogP contribution in [0.25, 0.3) is 0 Å². The van der Waals surface area contributed by atoms with E-state index in [4.69, 9.17) is 9.47 Å². The predicted octanol–water partition coefficient (Wildman–Crippen LogP) is 2.56. The third kappa shape index (κ3) is 3.39. The van der Waals surface area contributed by atoms with E-state index in [-0.39, 0.29) is 6.10 Å². The van der Waals surface area contributed by atoms with E-state index in [9.17, 15) is 0 Å². The van der Waals surface area contributed by atoms with Crippen LogP contribution in [0.5, 0.6) is 5.75 Å². The van der Waals surface area contributed by atoms with Gasteiger partial charge in [0.15, 0.2) is 0 Å². The van der Waals surface area contributed by atoms with Crippen LogP contribution in [0.2, 0.25) is 0 Å². The van der Waals surface area contributed by atoms with Gasteiger partial charge in [0, 0.05) is 32.7 Å². The molecule has 22 heavy (non-hydrogen) atoms. The summed E-state index contributed by atoms with van der Waals surface area (Å²) in [6.45, 7) is 9.01. The smallest absolute Gasteiger partial charge is 0.143 e. The Kier molecular flexibility index (Phi) is 4.89. The van der Waals surface area contributed by atoms with Crippen molar-refractivity contribution in [1.29, 1.82) is 0 Å². The Morgan fingerprint density at radius 1 is 1.32 bits per heavy atom. The number of morpholine rings is 1. The molecule has 2 heterocycles. The summed E-state index contributed by atoms with van der Waals surface area (Å²) in [5.41, 5.74) is 2.67. The molecule has 0 saturated carbocycles. The normalized spacial score (nSPS) is 22.7. The summed E-state index contributed by atoms with van der Waals surface area (Å²) in [7, 11) is 2.16. The average Bonchev–Trinajstić information content (AvgIpc) is 2.53. The van der Waals surface area contributed by atoms with Gasteiger partial charge in [-0.1, -0.05) is 12.1 Å². The Balaban J connectivity index is 1.64. The second kappa shape index (κ2) is 6.88. The molecule has 0 aromatic heterocycles. The first-order valence-electron chi connectivity index (χ1n) is 8.46. The van der Waals surface area contributed by atoms with Gasteiger partial charge in [-0.15, -0.1) is 0 Å². The quantitative estimate of drug-likeness (QED) is 0.853.